The number of amides is 2. The predicted molar refractivity (Wildman–Crippen MR) is 265 cm³/mol. The standard InChI is InChI=1S/C52H61FN8O9S/c1-31(2)38-7-5-6-8-39(38)45-29-59(32(3)62)19-20-60(45)35-25-52(26-35)15-17-58(18-16-52)34-9-10-40(46(21-34)70-36-22-41-42(53)28-55-49(41)54-27-36)50(63)57-71(67,68)37-23-44(61(65)66)48-47(24-37)69-30-43(56-48)33-11-13-51(4,64)14-12-33/h5-10,21-24,27-28,31,33,35,43,45,56,64H,11-20,25-26,29-30H2,1-4H3,(H,54,55)(H,57,63)/t33?,43-,45-,51?/m1/s1. The van der Waals surface area contributed by atoms with Gasteiger partial charge in [0.1, 0.15) is 29.6 Å². The number of hydrogen-bond donors (Lipinski definition) is 4. The average molecular weight is 993 g/mol. The Morgan fingerprint density at radius 3 is 2.49 bits per heavy atom. The maximum absolute atomic E-state index is 14.7. The lowest BCUT2D eigenvalue weighted by Gasteiger charge is -2.58. The van der Waals surface area contributed by atoms with Crippen LogP contribution in [0.1, 0.15) is 113 Å². The number of carbonyl (C=O) groups is 2. The molecule has 2 amide bonds. The minimum absolute atomic E-state index is 0.00654. The van der Waals surface area contributed by atoms with Crippen LogP contribution < -0.4 is 24.4 Å². The topological polar surface area (TPSA) is 213 Å². The molecule has 2 saturated heterocycles. The van der Waals surface area contributed by atoms with Crippen molar-refractivity contribution >= 4 is 49.9 Å². The number of halogens is 1. The van der Waals surface area contributed by atoms with E-state index in [2.05, 4.69) is 67.9 Å². The Balaban J connectivity index is 0.865. The first-order chi connectivity index (χ1) is 33.9. The molecule has 2 aliphatic carbocycles. The first kappa shape index (κ1) is 48.3. The van der Waals surface area contributed by atoms with Crippen molar-refractivity contribution in [2.75, 3.05) is 49.5 Å². The zero-order valence-electron chi connectivity index (χ0n) is 40.4. The third-order valence-electron chi connectivity index (χ3n) is 15.9. The van der Waals surface area contributed by atoms with Gasteiger partial charge in [-0.15, -0.1) is 0 Å². The number of sulfonamides is 1. The van der Waals surface area contributed by atoms with Gasteiger partial charge in [-0.1, -0.05) is 38.1 Å². The molecule has 4 fully saturated rings. The highest BCUT2D eigenvalue weighted by molar-refractivity contribution is 7.90. The molecular formula is C52H61FN8O9S. The quantitative estimate of drug-likeness (QED) is 0.0724. The molecule has 1 spiro atoms. The van der Waals surface area contributed by atoms with E-state index in [1.165, 1.54) is 35.7 Å². The number of H-pyrrole nitrogens is 1. The molecule has 10 rings (SSSR count). The number of pyridine rings is 1. The van der Waals surface area contributed by atoms with Gasteiger partial charge in [0.15, 0.2) is 11.4 Å². The van der Waals surface area contributed by atoms with E-state index < -0.39 is 42.9 Å². The molecule has 0 bridgehead atoms. The normalized spacial score (nSPS) is 23.7. The lowest BCUT2D eigenvalue weighted by molar-refractivity contribution is -0.384. The largest absolute Gasteiger partial charge is 0.489 e. The molecule has 0 radical (unpaired) electrons. The average Bonchev–Trinajstić information content (AvgIpc) is 3.71. The number of fused-ring (bicyclic) bond motifs is 2. The third-order valence-corrected chi connectivity index (χ3v) is 17.3. The Kier molecular flexibility index (Phi) is 12.7. The number of nitrogens with zero attached hydrogens (tertiary/aromatic N) is 5. The molecule has 376 valence electrons. The Morgan fingerprint density at radius 2 is 1.77 bits per heavy atom. The Bertz CT molecular complexity index is 2990. The summed E-state index contributed by atoms with van der Waals surface area (Å²) in [7, 11) is -4.74. The van der Waals surface area contributed by atoms with Crippen LogP contribution in [-0.2, 0) is 14.8 Å². The summed E-state index contributed by atoms with van der Waals surface area (Å²) in [6, 6.07) is 17.2. The van der Waals surface area contributed by atoms with Crippen LogP contribution in [0.5, 0.6) is 17.2 Å². The number of piperidine rings is 1. The number of aromatic nitrogens is 2. The number of nitrogens with one attached hydrogen (secondary N) is 3. The zero-order chi connectivity index (χ0) is 50.0. The summed E-state index contributed by atoms with van der Waals surface area (Å²) < 4.78 is 57.0. The molecule has 5 heterocycles. The second-order valence-corrected chi connectivity index (χ2v) is 22.6. The number of rotatable bonds is 11. The molecule has 0 unspecified atom stereocenters. The van der Waals surface area contributed by atoms with E-state index in [4.69, 9.17) is 9.47 Å². The lowest BCUT2D eigenvalue weighted by Crippen LogP contribution is -2.60. The fourth-order valence-electron chi connectivity index (χ4n) is 11.8. The number of anilines is 2. The second kappa shape index (κ2) is 18.7. The molecule has 5 aliphatic rings. The number of benzene rings is 3. The van der Waals surface area contributed by atoms with Crippen molar-refractivity contribution in [1.82, 2.24) is 24.5 Å². The van der Waals surface area contributed by atoms with E-state index in [0.29, 0.717) is 56.4 Å². The number of aliphatic hydroxyl groups is 1. The van der Waals surface area contributed by atoms with E-state index in [1.807, 2.05) is 4.90 Å². The number of carbonyl (C=O) groups excluding carboxylic acids is 2. The predicted octanol–water partition coefficient (Wildman–Crippen LogP) is 8.41. The smallest absolute Gasteiger partial charge is 0.297 e. The van der Waals surface area contributed by atoms with Crippen LogP contribution in [0, 0.1) is 27.3 Å². The van der Waals surface area contributed by atoms with Gasteiger partial charge in [0.25, 0.3) is 21.6 Å². The minimum atomic E-state index is -4.74. The van der Waals surface area contributed by atoms with Gasteiger partial charge in [-0.05, 0) is 105 Å². The highest BCUT2D eigenvalue weighted by atomic mass is 32.2. The van der Waals surface area contributed by atoms with Gasteiger partial charge < -0.3 is 34.7 Å². The number of piperazine rings is 1. The molecule has 2 atom stereocenters. The molecular weight excluding hydrogens is 932 g/mol. The Labute approximate surface area is 412 Å². The van der Waals surface area contributed by atoms with Gasteiger partial charge in [-0.25, -0.2) is 22.5 Å². The van der Waals surface area contributed by atoms with Crippen LogP contribution in [0.4, 0.5) is 21.5 Å². The van der Waals surface area contributed by atoms with Crippen LogP contribution in [0.2, 0.25) is 0 Å². The van der Waals surface area contributed by atoms with Crippen molar-refractivity contribution in [1.29, 1.82) is 0 Å². The first-order valence-electron chi connectivity index (χ1n) is 24.7. The molecule has 4 N–H and O–H groups in total. The summed E-state index contributed by atoms with van der Waals surface area (Å²) in [5.41, 5.74) is 2.39. The Morgan fingerprint density at radius 1 is 1.03 bits per heavy atom. The fraction of sp³-hybridized carbons (Fsp3) is 0.481. The highest BCUT2D eigenvalue weighted by Gasteiger charge is 2.50. The molecule has 19 heteroatoms. The summed E-state index contributed by atoms with van der Waals surface area (Å²) in [5, 5.41) is 26.2. The summed E-state index contributed by atoms with van der Waals surface area (Å²) >= 11 is 0. The molecule has 17 nitrogen and oxygen atoms in total. The van der Waals surface area contributed by atoms with E-state index in [-0.39, 0.29) is 69.8 Å². The molecule has 2 saturated carbocycles. The van der Waals surface area contributed by atoms with E-state index in [1.54, 1.807) is 26.0 Å². The van der Waals surface area contributed by atoms with Crippen LogP contribution in [0.3, 0.4) is 0 Å². The number of aromatic amines is 1. The van der Waals surface area contributed by atoms with Crippen LogP contribution in [0.25, 0.3) is 11.0 Å². The van der Waals surface area contributed by atoms with Crippen LogP contribution >= 0.6 is 0 Å². The van der Waals surface area contributed by atoms with Gasteiger partial charge in [0, 0.05) is 75.8 Å². The molecule has 5 aromatic rings. The number of nitro groups is 1. The highest BCUT2D eigenvalue weighted by Crippen LogP contribution is 2.53. The van der Waals surface area contributed by atoms with Crippen molar-refractivity contribution in [3.05, 3.63) is 106 Å². The van der Waals surface area contributed by atoms with E-state index >= 15 is 0 Å². The first-order valence-corrected chi connectivity index (χ1v) is 26.2. The van der Waals surface area contributed by atoms with Crippen molar-refractivity contribution < 1.29 is 41.9 Å². The summed E-state index contributed by atoms with van der Waals surface area (Å²) in [6.07, 6.45) is 9.05. The summed E-state index contributed by atoms with van der Waals surface area (Å²) in [6.45, 7) is 11.6. The lowest BCUT2D eigenvalue weighted by atomic mass is 9.59. The molecule has 2 aromatic heterocycles. The van der Waals surface area contributed by atoms with E-state index in [9.17, 15) is 37.6 Å². The molecule has 71 heavy (non-hydrogen) atoms. The van der Waals surface area contributed by atoms with Crippen molar-refractivity contribution in [2.24, 2.45) is 11.3 Å². The summed E-state index contributed by atoms with van der Waals surface area (Å²) in [5.74, 6) is -1.02. The number of hydrogen-bond acceptors (Lipinski definition) is 13. The van der Waals surface area contributed by atoms with Crippen LogP contribution in [0.15, 0.2) is 78.0 Å². The number of nitro benzene ring substituents is 1. The zero-order valence-corrected chi connectivity index (χ0v) is 41.3. The Hall–Kier alpha value is -6.31. The van der Waals surface area contributed by atoms with Gasteiger partial charge in [0.05, 0.1) is 44.7 Å². The SMILES string of the molecule is CC(=O)N1CCN(C2CC3(CCN(c4ccc(C(=O)NS(=O)(=O)c5cc6c(c([N+](=O)[O-])c5)N[C@@H](C5CCC(C)(O)CC5)CO6)c(Oc5cnc6[nH]cc(F)c6c5)c4)CC3)C2)[C@@H](c2ccccc2C(C)C)C1. The summed E-state index contributed by atoms with van der Waals surface area (Å²) in [4.78, 5) is 51.8. The van der Waals surface area contributed by atoms with Gasteiger partial charge in [0.2, 0.25) is 5.91 Å². The molecule has 3 aromatic carbocycles. The number of ether oxygens (including phenoxy) is 2. The van der Waals surface area contributed by atoms with E-state index in [0.717, 1.165) is 63.1 Å². The maximum Gasteiger partial charge on any atom is 0.297 e. The minimum Gasteiger partial charge on any atom is -0.489 e. The van der Waals surface area contributed by atoms with Crippen LogP contribution in [-0.4, -0.2) is 107 Å². The van der Waals surface area contributed by atoms with Gasteiger partial charge in [-0.2, -0.15) is 0 Å². The maximum atomic E-state index is 14.7. The van der Waals surface area contributed by atoms with Crippen molar-refractivity contribution in [3.8, 4) is 17.2 Å². The second-order valence-electron chi connectivity index (χ2n) is 20.9. The van der Waals surface area contributed by atoms with Gasteiger partial charge >= 0.3 is 0 Å². The van der Waals surface area contributed by atoms with Gasteiger partial charge in [-0.3, -0.25) is 24.6 Å². The fourth-order valence-corrected chi connectivity index (χ4v) is 12.8. The van der Waals surface area contributed by atoms with Crippen molar-refractivity contribution in [3.63, 3.8) is 0 Å². The monoisotopic (exact) mass is 992 g/mol. The van der Waals surface area contributed by atoms with Crippen molar-refractivity contribution in [2.45, 2.75) is 114 Å². The molecule has 3 aliphatic heterocycles. The third kappa shape index (κ3) is 9.63.